The Morgan fingerprint density at radius 3 is 2.71 bits per heavy atom. The Morgan fingerprint density at radius 2 is 2.12 bits per heavy atom. The zero-order valence-electron chi connectivity index (χ0n) is 8.78. The number of hydrogen-bond acceptors (Lipinski definition) is 3. The van der Waals surface area contributed by atoms with E-state index in [4.69, 9.17) is 10.9 Å². The highest BCUT2D eigenvalue weighted by Gasteiger charge is 2.09. The number of amidine groups is 1. The highest BCUT2D eigenvalue weighted by Crippen LogP contribution is 2.08. The first-order chi connectivity index (χ1) is 8.04. The number of rotatable bonds is 4. The predicted molar refractivity (Wildman–Crippen MR) is 56.7 cm³/mol. The summed E-state index contributed by atoms with van der Waals surface area (Å²) >= 11 is 0. The largest absolute Gasteiger partial charge is 0.409 e. The van der Waals surface area contributed by atoms with Crippen LogP contribution in [0.1, 0.15) is 16.8 Å². The topological polar surface area (TPSA) is 87.7 Å². The van der Waals surface area contributed by atoms with Gasteiger partial charge in [0, 0.05) is 18.5 Å². The molecule has 4 N–H and O–H groups in total. The maximum Gasteiger partial charge on any atom is 0.251 e. The molecule has 1 aromatic carbocycles. The number of nitrogens with two attached hydrogens (primary N) is 1. The summed E-state index contributed by atoms with van der Waals surface area (Å²) in [5.74, 6) is -2.70. The lowest BCUT2D eigenvalue weighted by molar-refractivity contribution is 0.0954. The molecule has 1 amide bonds. The number of carbonyl (C=O) groups excluding carboxylic acids is 1. The van der Waals surface area contributed by atoms with E-state index in [1.807, 2.05) is 0 Å². The highest BCUT2D eigenvalue weighted by molar-refractivity contribution is 5.94. The summed E-state index contributed by atoms with van der Waals surface area (Å²) in [4.78, 5) is 11.4. The van der Waals surface area contributed by atoms with Crippen molar-refractivity contribution in [1.82, 2.24) is 5.32 Å². The molecule has 1 rings (SSSR count). The molecule has 0 saturated heterocycles. The first-order valence-electron chi connectivity index (χ1n) is 4.74. The van der Waals surface area contributed by atoms with Gasteiger partial charge in [0.05, 0.1) is 0 Å². The fourth-order valence-corrected chi connectivity index (χ4v) is 1.09. The smallest absolute Gasteiger partial charge is 0.251 e. The standard InChI is InChI=1S/C10H11F2N3O2/c11-7-2-1-6(5-8(7)12)10(16)14-4-3-9(13)15-17/h1-2,5,17H,3-4H2,(H2,13,15)(H,14,16). The van der Waals surface area contributed by atoms with Gasteiger partial charge in [-0.05, 0) is 18.2 Å². The molecule has 0 spiro atoms. The van der Waals surface area contributed by atoms with Crippen LogP contribution < -0.4 is 11.1 Å². The molecule has 5 nitrogen and oxygen atoms in total. The van der Waals surface area contributed by atoms with Crippen LogP contribution >= 0.6 is 0 Å². The predicted octanol–water partition coefficient (Wildman–Crippen LogP) is 0.831. The van der Waals surface area contributed by atoms with Gasteiger partial charge in [-0.2, -0.15) is 0 Å². The number of nitrogens with one attached hydrogen (secondary N) is 1. The second-order valence-electron chi connectivity index (χ2n) is 3.23. The van der Waals surface area contributed by atoms with Crippen molar-refractivity contribution >= 4 is 11.7 Å². The van der Waals surface area contributed by atoms with Crippen LogP contribution in [0.25, 0.3) is 0 Å². The van der Waals surface area contributed by atoms with Crippen molar-refractivity contribution in [2.75, 3.05) is 6.54 Å². The molecule has 0 aromatic heterocycles. The Bertz CT molecular complexity index is 449. The van der Waals surface area contributed by atoms with E-state index in [-0.39, 0.29) is 24.4 Å². The van der Waals surface area contributed by atoms with Crippen LogP contribution in [0.3, 0.4) is 0 Å². The summed E-state index contributed by atoms with van der Waals surface area (Å²) in [7, 11) is 0. The molecule has 17 heavy (non-hydrogen) atoms. The zero-order valence-corrected chi connectivity index (χ0v) is 8.78. The van der Waals surface area contributed by atoms with Gasteiger partial charge in [0.1, 0.15) is 5.84 Å². The first kappa shape index (κ1) is 12.9. The molecule has 7 heteroatoms. The van der Waals surface area contributed by atoms with E-state index in [0.29, 0.717) is 0 Å². The van der Waals surface area contributed by atoms with Crippen molar-refractivity contribution < 1.29 is 18.8 Å². The number of carbonyl (C=O) groups is 1. The van der Waals surface area contributed by atoms with E-state index in [1.165, 1.54) is 0 Å². The minimum absolute atomic E-state index is 0.00316. The number of oxime groups is 1. The number of benzene rings is 1. The average molecular weight is 243 g/mol. The maximum absolute atomic E-state index is 12.8. The molecule has 0 aliphatic carbocycles. The molecular formula is C10H11F2N3O2. The van der Waals surface area contributed by atoms with E-state index in [2.05, 4.69) is 10.5 Å². The molecular weight excluding hydrogens is 232 g/mol. The second-order valence-corrected chi connectivity index (χ2v) is 3.23. The third-order valence-corrected chi connectivity index (χ3v) is 1.98. The van der Waals surface area contributed by atoms with Gasteiger partial charge in [-0.1, -0.05) is 5.16 Å². The third-order valence-electron chi connectivity index (χ3n) is 1.98. The van der Waals surface area contributed by atoms with Crippen LogP contribution in [0.4, 0.5) is 8.78 Å². The van der Waals surface area contributed by atoms with Gasteiger partial charge in [-0.25, -0.2) is 8.78 Å². The lowest BCUT2D eigenvalue weighted by Gasteiger charge is -2.04. The second kappa shape index (κ2) is 5.78. The Kier molecular flexibility index (Phi) is 4.38. The van der Waals surface area contributed by atoms with Gasteiger partial charge >= 0.3 is 0 Å². The number of nitrogens with zero attached hydrogens (tertiary/aromatic N) is 1. The minimum Gasteiger partial charge on any atom is -0.409 e. The molecule has 0 bridgehead atoms. The van der Waals surface area contributed by atoms with Gasteiger partial charge < -0.3 is 16.3 Å². The molecule has 1 aromatic rings. The monoisotopic (exact) mass is 243 g/mol. The van der Waals surface area contributed by atoms with Crippen molar-refractivity contribution in [3.05, 3.63) is 35.4 Å². The van der Waals surface area contributed by atoms with Crippen LogP contribution in [-0.2, 0) is 0 Å². The van der Waals surface area contributed by atoms with E-state index in [9.17, 15) is 13.6 Å². The SMILES string of the molecule is NC(CCNC(=O)c1ccc(F)c(F)c1)=NO. The molecule has 0 aliphatic rings. The third kappa shape index (κ3) is 3.71. The Morgan fingerprint density at radius 1 is 1.41 bits per heavy atom. The van der Waals surface area contributed by atoms with Crippen molar-refractivity contribution in [2.24, 2.45) is 10.9 Å². The molecule has 0 fully saturated rings. The maximum atomic E-state index is 12.8. The van der Waals surface area contributed by atoms with Gasteiger partial charge in [0.2, 0.25) is 0 Å². The molecule has 0 radical (unpaired) electrons. The molecule has 0 heterocycles. The average Bonchev–Trinajstić information content (AvgIpc) is 2.32. The van der Waals surface area contributed by atoms with Crippen molar-refractivity contribution in [3.8, 4) is 0 Å². The summed E-state index contributed by atoms with van der Waals surface area (Å²) in [6.07, 6.45) is 0.159. The van der Waals surface area contributed by atoms with E-state index >= 15 is 0 Å². The van der Waals surface area contributed by atoms with Crippen molar-refractivity contribution in [3.63, 3.8) is 0 Å². The van der Waals surface area contributed by atoms with E-state index in [0.717, 1.165) is 18.2 Å². The normalized spacial score (nSPS) is 11.3. The van der Waals surface area contributed by atoms with E-state index in [1.54, 1.807) is 0 Å². The molecule has 0 unspecified atom stereocenters. The fourth-order valence-electron chi connectivity index (χ4n) is 1.09. The summed E-state index contributed by atoms with van der Waals surface area (Å²) in [6, 6.07) is 2.83. The number of hydrogen-bond donors (Lipinski definition) is 3. The first-order valence-corrected chi connectivity index (χ1v) is 4.74. The molecule has 0 atom stereocenters. The van der Waals surface area contributed by atoms with Crippen LogP contribution in [-0.4, -0.2) is 23.5 Å². The lowest BCUT2D eigenvalue weighted by atomic mass is 10.2. The van der Waals surface area contributed by atoms with Crippen LogP contribution in [0, 0.1) is 11.6 Å². The van der Waals surface area contributed by atoms with Crippen molar-refractivity contribution in [1.29, 1.82) is 0 Å². The number of halogens is 2. The molecule has 92 valence electrons. The summed E-state index contributed by atoms with van der Waals surface area (Å²) in [5, 5.41) is 13.4. The van der Waals surface area contributed by atoms with Gasteiger partial charge in [0.15, 0.2) is 11.6 Å². The van der Waals surface area contributed by atoms with Crippen LogP contribution in [0.2, 0.25) is 0 Å². The lowest BCUT2D eigenvalue weighted by Crippen LogP contribution is -2.28. The summed E-state index contributed by atoms with van der Waals surface area (Å²) < 4.78 is 25.4. The number of amides is 1. The Labute approximate surface area is 95.9 Å². The summed E-state index contributed by atoms with van der Waals surface area (Å²) in [5.41, 5.74) is 5.18. The molecule has 0 aliphatic heterocycles. The molecule has 0 saturated carbocycles. The van der Waals surface area contributed by atoms with Crippen molar-refractivity contribution in [2.45, 2.75) is 6.42 Å². The quantitative estimate of drug-likeness (QED) is 0.317. The van der Waals surface area contributed by atoms with Gasteiger partial charge in [-0.15, -0.1) is 0 Å². The van der Waals surface area contributed by atoms with Crippen LogP contribution in [0.5, 0.6) is 0 Å². The summed E-state index contributed by atoms with van der Waals surface area (Å²) in [6.45, 7) is 0.133. The van der Waals surface area contributed by atoms with Gasteiger partial charge in [0.25, 0.3) is 5.91 Å². The Hall–Kier alpha value is -2.18. The fraction of sp³-hybridized carbons (Fsp3) is 0.200. The van der Waals surface area contributed by atoms with Gasteiger partial charge in [-0.3, -0.25) is 4.79 Å². The Balaban J connectivity index is 2.55. The zero-order chi connectivity index (χ0) is 12.8. The minimum atomic E-state index is -1.09. The van der Waals surface area contributed by atoms with Crippen LogP contribution in [0.15, 0.2) is 23.4 Å². The highest BCUT2D eigenvalue weighted by atomic mass is 19.2. The van der Waals surface area contributed by atoms with E-state index < -0.39 is 17.5 Å².